The maximum absolute atomic E-state index is 11.9. The molecule has 0 fully saturated rings. The number of carbonyl (C=O) groups is 2. The van der Waals surface area contributed by atoms with Crippen molar-refractivity contribution in [1.29, 1.82) is 0 Å². The van der Waals surface area contributed by atoms with E-state index in [0.717, 1.165) is 6.42 Å². The molecule has 1 heterocycles. The second-order valence-electron chi connectivity index (χ2n) is 3.80. The number of hydrogen-bond donors (Lipinski definition) is 0. The smallest absolute Gasteiger partial charge is 0.325 e. The number of methoxy groups -OCH3 is 1. The van der Waals surface area contributed by atoms with Crippen molar-refractivity contribution in [2.45, 2.75) is 26.3 Å². The zero-order valence-corrected chi connectivity index (χ0v) is 10.7. The van der Waals surface area contributed by atoms with Crippen molar-refractivity contribution < 1.29 is 14.3 Å². The molecular formula is C11H18N4O3. The monoisotopic (exact) mass is 254 g/mol. The van der Waals surface area contributed by atoms with Crippen molar-refractivity contribution >= 4 is 11.9 Å². The van der Waals surface area contributed by atoms with Crippen molar-refractivity contribution in [1.82, 2.24) is 19.7 Å². The molecule has 100 valence electrons. The van der Waals surface area contributed by atoms with Crippen LogP contribution in [0.25, 0.3) is 0 Å². The summed E-state index contributed by atoms with van der Waals surface area (Å²) in [4.78, 5) is 28.4. The highest BCUT2D eigenvalue weighted by atomic mass is 16.5. The summed E-state index contributed by atoms with van der Waals surface area (Å²) in [5.41, 5.74) is 0. The van der Waals surface area contributed by atoms with Crippen molar-refractivity contribution in [3.8, 4) is 0 Å². The summed E-state index contributed by atoms with van der Waals surface area (Å²) in [7, 11) is 1.31. The Kier molecular flexibility index (Phi) is 5.83. The molecule has 0 atom stereocenters. The Morgan fingerprint density at radius 3 is 2.78 bits per heavy atom. The van der Waals surface area contributed by atoms with Crippen LogP contribution >= 0.6 is 0 Å². The second-order valence-corrected chi connectivity index (χ2v) is 3.80. The van der Waals surface area contributed by atoms with Crippen molar-refractivity contribution in [3.05, 3.63) is 12.7 Å². The molecule has 1 aromatic rings. The lowest BCUT2D eigenvalue weighted by atomic mass is 10.3. The quantitative estimate of drug-likeness (QED) is 0.644. The average Bonchev–Trinajstić information content (AvgIpc) is 2.88. The molecule has 0 saturated heterocycles. The number of aryl methyl sites for hydroxylation is 1. The van der Waals surface area contributed by atoms with Gasteiger partial charge in [0.1, 0.15) is 19.2 Å². The standard InChI is InChI=1S/C11H18N4O3/c1-3-5-14(7-11(17)18-2)10(16)4-6-15-9-12-8-13-15/h8-9H,3-7H2,1-2H3. The second kappa shape index (κ2) is 7.41. The first-order valence-corrected chi connectivity index (χ1v) is 5.84. The number of esters is 1. The maximum atomic E-state index is 11.9. The molecule has 0 aliphatic heterocycles. The fraction of sp³-hybridized carbons (Fsp3) is 0.636. The van der Waals surface area contributed by atoms with Crippen LogP contribution in [0.1, 0.15) is 19.8 Å². The third-order valence-corrected chi connectivity index (χ3v) is 2.42. The first-order valence-electron chi connectivity index (χ1n) is 5.84. The van der Waals surface area contributed by atoms with Crippen LogP contribution in [-0.4, -0.2) is 51.7 Å². The van der Waals surface area contributed by atoms with Gasteiger partial charge in [-0.3, -0.25) is 14.3 Å². The van der Waals surface area contributed by atoms with Gasteiger partial charge in [0.05, 0.1) is 13.7 Å². The third-order valence-electron chi connectivity index (χ3n) is 2.42. The number of amides is 1. The SMILES string of the molecule is CCCN(CC(=O)OC)C(=O)CCn1cncn1. The Bertz CT molecular complexity index is 378. The fourth-order valence-electron chi connectivity index (χ4n) is 1.50. The maximum Gasteiger partial charge on any atom is 0.325 e. The Hall–Kier alpha value is -1.92. The highest BCUT2D eigenvalue weighted by molar-refractivity contribution is 5.81. The van der Waals surface area contributed by atoms with Crippen LogP contribution in [-0.2, 0) is 20.9 Å². The van der Waals surface area contributed by atoms with Gasteiger partial charge in [-0.25, -0.2) is 4.98 Å². The molecule has 7 nitrogen and oxygen atoms in total. The lowest BCUT2D eigenvalue weighted by molar-refractivity contribution is -0.147. The molecule has 1 rings (SSSR count). The zero-order chi connectivity index (χ0) is 13.4. The predicted molar refractivity (Wildman–Crippen MR) is 63.5 cm³/mol. The summed E-state index contributed by atoms with van der Waals surface area (Å²) in [6.45, 7) is 2.96. The number of ether oxygens (including phenoxy) is 1. The summed E-state index contributed by atoms with van der Waals surface area (Å²) in [5.74, 6) is -0.490. The van der Waals surface area contributed by atoms with Gasteiger partial charge in [-0.15, -0.1) is 0 Å². The van der Waals surface area contributed by atoms with E-state index < -0.39 is 5.97 Å². The summed E-state index contributed by atoms with van der Waals surface area (Å²) in [6.07, 6.45) is 4.06. The van der Waals surface area contributed by atoms with E-state index >= 15 is 0 Å². The van der Waals surface area contributed by atoms with Gasteiger partial charge >= 0.3 is 5.97 Å². The summed E-state index contributed by atoms with van der Waals surface area (Å²) < 4.78 is 6.15. The van der Waals surface area contributed by atoms with E-state index in [1.54, 1.807) is 11.0 Å². The van der Waals surface area contributed by atoms with E-state index in [0.29, 0.717) is 19.5 Å². The molecule has 0 spiro atoms. The van der Waals surface area contributed by atoms with Crippen LogP contribution in [0.4, 0.5) is 0 Å². The number of hydrogen-bond acceptors (Lipinski definition) is 5. The van der Waals surface area contributed by atoms with Gasteiger partial charge in [0.25, 0.3) is 0 Å². The topological polar surface area (TPSA) is 77.3 Å². The Labute approximate surface area is 106 Å². The average molecular weight is 254 g/mol. The number of carbonyl (C=O) groups excluding carboxylic acids is 2. The van der Waals surface area contributed by atoms with E-state index in [2.05, 4.69) is 14.8 Å². The molecule has 18 heavy (non-hydrogen) atoms. The van der Waals surface area contributed by atoms with Gasteiger partial charge < -0.3 is 9.64 Å². The van der Waals surface area contributed by atoms with E-state index in [-0.39, 0.29) is 12.5 Å². The molecule has 7 heteroatoms. The fourth-order valence-corrected chi connectivity index (χ4v) is 1.50. The minimum absolute atomic E-state index is 0.000526. The molecule has 0 N–H and O–H groups in total. The van der Waals surface area contributed by atoms with Crippen molar-refractivity contribution in [2.75, 3.05) is 20.2 Å². The molecule has 0 bridgehead atoms. The van der Waals surface area contributed by atoms with Crippen LogP contribution in [0.5, 0.6) is 0 Å². The molecule has 0 radical (unpaired) electrons. The van der Waals surface area contributed by atoms with Crippen LogP contribution in [0, 0.1) is 0 Å². The summed E-state index contributed by atoms with van der Waals surface area (Å²) in [6, 6.07) is 0. The normalized spacial score (nSPS) is 10.1. The Balaban J connectivity index is 2.45. The first-order chi connectivity index (χ1) is 8.67. The molecule has 0 unspecified atom stereocenters. The minimum atomic E-state index is -0.405. The van der Waals surface area contributed by atoms with Crippen molar-refractivity contribution in [3.63, 3.8) is 0 Å². The van der Waals surface area contributed by atoms with E-state index in [1.165, 1.54) is 18.3 Å². The summed E-state index contributed by atoms with van der Waals surface area (Å²) in [5, 5.41) is 3.91. The van der Waals surface area contributed by atoms with Gasteiger partial charge in [-0.05, 0) is 6.42 Å². The van der Waals surface area contributed by atoms with Crippen LogP contribution in [0.3, 0.4) is 0 Å². The van der Waals surface area contributed by atoms with Crippen LogP contribution in [0.2, 0.25) is 0 Å². The Morgan fingerprint density at radius 2 is 2.22 bits per heavy atom. The number of nitrogens with zero attached hydrogens (tertiary/aromatic N) is 4. The summed E-state index contributed by atoms with van der Waals surface area (Å²) >= 11 is 0. The minimum Gasteiger partial charge on any atom is -0.468 e. The van der Waals surface area contributed by atoms with Gasteiger partial charge in [-0.2, -0.15) is 5.10 Å². The molecule has 0 aliphatic rings. The molecule has 1 aromatic heterocycles. The number of aromatic nitrogens is 3. The molecule has 0 aliphatic carbocycles. The molecule has 0 saturated carbocycles. The lowest BCUT2D eigenvalue weighted by Gasteiger charge is -2.20. The van der Waals surface area contributed by atoms with Gasteiger partial charge in [0.2, 0.25) is 5.91 Å². The van der Waals surface area contributed by atoms with Gasteiger partial charge in [0.15, 0.2) is 0 Å². The third kappa shape index (κ3) is 4.52. The van der Waals surface area contributed by atoms with E-state index in [1.807, 2.05) is 6.92 Å². The number of rotatable bonds is 7. The van der Waals surface area contributed by atoms with Crippen LogP contribution in [0.15, 0.2) is 12.7 Å². The first kappa shape index (κ1) is 14.1. The predicted octanol–water partition coefficient (Wildman–Crippen LogP) is 0.0798. The molecular weight excluding hydrogens is 236 g/mol. The van der Waals surface area contributed by atoms with Gasteiger partial charge in [-0.1, -0.05) is 6.92 Å². The Morgan fingerprint density at radius 1 is 1.44 bits per heavy atom. The molecule has 1 amide bonds. The highest BCUT2D eigenvalue weighted by Crippen LogP contribution is 1.99. The zero-order valence-electron chi connectivity index (χ0n) is 10.7. The molecule has 0 aromatic carbocycles. The lowest BCUT2D eigenvalue weighted by Crippen LogP contribution is -2.37. The van der Waals surface area contributed by atoms with Crippen LogP contribution < -0.4 is 0 Å². The highest BCUT2D eigenvalue weighted by Gasteiger charge is 2.16. The van der Waals surface area contributed by atoms with E-state index in [9.17, 15) is 9.59 Å². The van der Waals surface area contributed by atoms with E-state index in [4.69, 9.17) is 0 Å². The van der Waals surface area contributed by atoms with Crippen molar-refractivity contribution in [2.24, 2.45) is 0 Å². The largest absolute Gasteiger partial charge is 0.468 e. The van der Waals surface area contributed by atoms with Gasteiger partial charge in [0, 0.05) is 13.0 Å².